The van der Waals surface area contributed by atoms with Gasteiger partial charge in [-0.3, -0.25) is 9.69 Å². The number of aliphatic imine (C=N–C) groups is 1. The summed E-state index contributed by atoms with van der Waals surface area (Å²) < 4.78 is 32.6. The van der Waals surface area contributed by atoms with Crippen LogP contribution in [0.4, 0.5) is 4.39 Å². The number of benzene rings is 2. The number of rotatable bonds is 1. The van der Waals surface area contributed by atoms with E-state index in [1.807, 2.05) is 31.2 Å². The van der Waals surface area contributed by atoms with Crippen LogP contribution in [0.1, 0.15) is 30.4 Å². The molecule has 2 spiro atoms. The number of nitrogens with zero attached hydrogens (tertiary/aromatic N) is 2. The highest BCUT2D eigenvalue weighted by atomic mass is 19.1. The van der Waals surface area contributed by atoms with Gasteiger partial charge in [0.1, 0.15) is 17.7 Å². The molecule has 3 aliphatic heterocycles. The maximum Gasteiger partial charge on any atom is 0.262 e. The molecule has 6 rings (SSSR count). The third kappa shape index (κ3) is 2.93. The molecule has 0 aromatic heterocycles. The van der Waals surface area contributed by atoms with Crippen LogP contribution in [0.25, 0.3) is 11.1 Å². The molecule has 1 aliphatic carbocycles. The summed E-state index contributed by atoms with van der Waals surface area (Å²) in [6, 6.07) is 10.5. The molecule has 1 saturated heterocycles. The van der Waals surface area contributed by atoms with Crippen LogP contribution in [0.3, 0.4) is 0 Å². The van der Waals surface area contributed by atoms with Gasteiger partial charge in [-0.05, 0) is 54.3 Å². The first kappa shape index (κ1) is 20.6. The van der Waals surface area contributed by atoms with Gasteiger partial charge in [0.05, 0.1) is 13.2 Å². The predicted octanol–water partition coefficient (Wildman–Crippen LogP) is 3.09. The van der Waals surface area contributed by atoms with Crippen LogP contribution >= 0.6 is 0 Å². The summed E-state index contributed by atoms with van der Waals surface area (Å²) in [5.74, 6) is -0.751. The van der Waals surface area contributed by atoms with Gasteiger partial charge in [-0.1, -0.05) is 12.1 Å². The van der Waals surface area contributed by atoms with Gasteiger partial charge in [-0.15, -0.1) is 0 Å². The second-order valence-corrected chi connectivity index (χ2v) is 9.44. The number of fused-ring (bicyclic) bond motifs is 4. The van der Waals surface area contributed by atoms with Crippen molar-refractivity contribution in [3.63, 3.8) is 0 Å². The van der Waals surface area contributed by atoms with Crippen molar-refractivity contribution in [1.29, 1.82) is 0 Å². The zero-order valence-electron chi connectivity index (χ0n) is 18.6. The molecule has 3 heterocycles. The van der Waals surface area contributed by atoms with E-state index in [4.69, 9.17) is 24.9 Å². The molecule has 7 nitrogen and oxygen atoms in total. The standard InChI is InChI=1S/C25H26FN3O4/c1-14-9-16(11-17(26)10-14)15-3-4-20-18(12-15)25(22(30)29(2)23(27)28-25)19-13-24(31-7-8-32-24)6-5-21(19)33-20/h3-4,9-12,19,21H,5-8,13H2,1-2H3,(H2,27,28)/t19-,21?,25?/m0/s1. The van der Waals surface area contributed by atoms with E-state index in [9.17, 15) is 9.18 Å². The molecular weight excluding hydrogens is 425 g/mol. The van der Waals surface area contributed by atoms with Gasteiger partial charge in [0, 0.05) is 31.4 Å². The molecule has 0 bridgehead atoms. The van der Waals surface area contributed by atoms with Gasteiger partial charge in [0.2, 0.25) is 0 Å². The zero-order valence-corrected chi connectivity index (χ0v) is 18.6. The maximum absolute atomic E-state index is 14.2. The lowest BCUT2D eigenvalue weighted by Gasteiger charge is -2.49. The molecule has 1 saturated carbocycles. The summed E-state index contributed by atoms with van der Waals surface area (Å²) in [6.45, 7) is 2.91. The third-order valence-corrected chi connectivity index (χ3v) is 7.45. The summed E-state index contributed by atoms with van der Waals surface area (Å²) >= 11 is 0. The lowest BCUT2D eigenvalue weighted by atomic mass is 9.65. The normalized spacial score (nSPS) is 29.7. The number of hydrogen-bond donors (Lipinski definition) is 1. The van der Waals surface area contributed by atoms with E-state index in [-0.39, 0.29) is 29.7 Å². The number of halogens is 1. The first-order chi connectivity index (χ1) is 15.8. The highest BCUT2D eigenvalue weighted by Gasteiger charge is 2.63. The van der Waals surface area contributed by atoms with Crippen LogP contribution in [-0.2, 0) is 19.8 Å². The Morgan fingerprint density at radius 2 is 1.94 bits per heavy atom. The summed E-state index contributed by atoms with van der Waals surface area (Å²) in [6.07, 6.45) is 1.65. The highest BCUT2D eigenvalue weighted by Crippen LogP contribution is 2.56. The first-order valence-electron chi connectivity index (χ1n) is 11.3. The van der Waals surface area contributed by atoms with E-state index in [0.717, 1.165) is 16.7 Å². The average molecular weight is 451 g/mol. The largest absolute Gasteiger partial charge is 0.490 e. The van der Waals surface area contributed by atoms with Crippen molar-refractivity contribution in [2.75, 3.05) is 20.3 Å². The van der Waals surface area contributed by atoms with Crippen molar-refractivity contribution in [2.45, 2.75) is 43.6 Å². The van der Waals surface area contributed by atoms with Crippen molar-refractivity contribution in [3.05, 3.63) is 53.3 Å². The molecular formula is C25H26FN3O4. The number of carbonyl (C=O) groups is 1. The van der Waals surface area contributed by atoms with Gasteiger partial charge >= 0.3 is 0 Å². The Morgan fingerprint density at radius 1 is 1.15 bits per heavy atom. The summed E-state index contributed by atoms with van der Waals surface area (Å²) in [5.41, 5.74) is 7.93. The Labute approximate surface area is 191 Å². The van der Waals surface area contributed by atoms with Crippen molar-refractivity contribution >= 4 is 11.9 Å². The molecule has 4 aliphatic rings. The van der Waals surface area contributed by atoms with Crippen LogP contribution in [0.2, 0.25) is 0 Å². The van der Waals surface area contributed by atoms with E-state index in [1.54, 1.807) is 7.05 Å². The number of nitrogens with two attached hydrogens (primary N) is 1. The third-order valence-electron chi connectivity index (χ3n) is 7.45. The quantitative estimate of drug-likeness (QED) is 0.720. The average Bonchev–Trinajstić information content (AvgIpc) is 3.33. The monoisotopic (exact) mass is 451 g/mol. The van der Waals surface area contributed by atoms with Crippen LogP contribution in [0.5, 0.6) is 5.75 Å². The van der Waals surface area contributed by atoms with E-state index in [0.29, 0.717) is 43.8 Å². The number of hydrogen-bond acceptors (Lipinski definition) is 6. The fraction of sp³-hybridized carbons (Fsp3) is 0.440. The molecule has 2 aromatic carbocycles. The SMILES string of the molecule is Cc1cc(F)cc(-c2ccc3c(c2)C2(N=C(N)N(C)C2=O)[C@H]2CC4(CCC2O3)OCCO4)c1. The minimum absolute atomic E-state index is 0.173. The smallest absolute Gasteiger partial charge is 0.262 e. The number of aryl methyl sites for hydroxylation is 1. The van der Waals surface area contributed by atoms with Gasteiger partial charge in [-0.25, -0.2) is 9.38 Å². The Balaban J connectivity index is 1.53. The maximum atomic E-state index is 14.2. The number of ether oxygens (including phenoxy) is 3. The number of likely N-dealkylation sites (N-methyl/N-ethyl adjacent to an activating group) is 1. The molecule has 2 fully saturated rings. The lowest BCUT2D eigenvalue weighted by Crippen LogP contribution is -2.58. The summed E-state index contributed by atoms with van der Waals surface area (Å²) in [4.78, 5) is 20.0. The van der Waals surface area contributed by atoms with Crippen LogP contribution in [0, 0.1) is 18.7 Å². The minimum atomic E-state index is -1.24. The number of carbonyl (C=O) groups excluding carboxylic acids is 1. The highest BCUT2D eigenvalue weighted by molar-refractivity contribution is 6.07. The first-order valence-corrected chi connectivity index (χ1v) is 11.3. The predicted molar refractivity (Wildman–Crippen MR) is 119 cm³/mol. The van der Waals surface area contributed by atoms with E-state index in [1.165, 1.54) is 17.0 Å². The number of guanidine groups is 1. The Bertz CT molecular complexity index is 1170. The van der Waals surface area contributed by atoms with Crippen LogP contribution < -0.4 is 10.5 Å². The second kappa shape index (κ2) is 7.01. The van der Waals surface area contributed by atoms with Crippen molar-refractivity contribution in [2.24, 2.45) is 16.6 Å². The molecule has 33 heavy (non-hydrogen) atoms. The molecule has 0 radical (unpaired) electrons. The van der Waals surface area contributed by atoms with Crippen molar-refractivity contribution in [1.82, 2.24) is 4.90 Å². The van der Waals surface area contributed by atoms with E-state index < -0.39 is 11.3 Å². The van der Waals surface area contributed by atoms with Gasteiger partial charge in [0.15, 0.2) is 17.3 Å². The minimum Gasteiger partial charge on any atom is -0.490 e. The molecule has 2 unspecified atom stereocenters. The lowest BCUT2D eigenvalue weighted by molar-refractivity contribution is -0.210. The van der Waals surface area contributed by atoms with Gasteiger partial charge in [0.25, 0.3) is 5.91 Å². The Hall–Kier alpha value is -2.97. The fourth-order valence-electron chi connectivity index (χ4n) is 5.91. The van der Waals surface area contributed by atoms with Crippen LogP contribution in [-0.4, -0.2) is 48.9 Å². The molecule has 8 heteroatoms. The van der Waals surface area contributed by atoms with Crippen LogP contribution in [0.15, 0.2) is 41.4 Å². The van der Waals surface area contributed by atoms with Gasteiger partial charge in [-0.2, -0.15) is 0 Å². The Kier molecular flexibility index (Phi) is 4.38. The summed E-state index contributed by atoms with van der Waals surface area (Å²) in [5, 5.41) is 0. The molecule has 2 aromatic rings. The molecule has 2 N–H and O–H groups in total. The number of amides is 1. The van der Waals surface area contributed by atoms with E-state index >= 15 is 0 Å². The molecule has 172 valence electrons. The fourth-order valence-corrected chi connectivity index (χ4v) is 5.91. The van der Waals surface area contributed by atoms with Crippen molar-refractivity contribution in [3.8, 4) is 16.9 Å². The van der Waals surface area contributed by atoms with E-state index in [2.05, 4.69) is 0 Å². The topological polar surface area (TPSA) is 86.4 Å². The molecule has 1 amide bonds. The Morgan fingerprint density at radius 3 is 2.64 bits per heavy atom. The zero-order chi connectivity index (χ0) is 23.0. The second-order valence-electron chi connectivity index (χ2n) is 9.44. The van der Waals surface area contributed by atoms with Crippen molar-refractivity contribution < 1.29 is 23.4 Å². The summed E-state index contributed by atoms with van der Waals surface area (Å²) in [7, 11) is 1.64. The molecule has 3 atom stereocenters. The van der Waals surface area contributed by atoms with Gasteiger partial charge < -0.3 is 19.9 Å².